The standard InChI is InChI=1S/C22H28F2N4O3.HI/c1-25-22(26-13-15-8-9-19(30-3)20(12-15)31-21(23)24)27-16-10-11-28(14-16)17-6-4-5-7-18(17)29-2;/h4-9,12,16,21H,10-11,13-14H2,1-3H3,(H2,25,26,27);1H. The summed E-state index contributed by atoms with van der Waals surface area (Å²) < 4.78 is 40.3. The van der Waals surface area contributed by atoms with E-state index in [1.165, 1.54) is 13.2 Å². The number of alkyl halides is 2. The maximum Gasteiger partial charge on any atom is 0.387 e. The minimum absolute atomic E-state index is 0. The van der Waals surface area contributed by atoms with Crippen LogP contribution in [0.4, 0.5) is 14.5 Å². The number of methoxy groups -OCH3 is 2. The fourth-order valence-corrected chi connectivity index (χ4v) is 3.58. The van der Waals surface area contributed by atoms with Crippen LogP contribution in [0.3, 0.4) is 0 Å². The van der Waals surface area contributed by atoms with E-state index in [1.54, 1.807) is 26.3 Å². The van der Waals surface area contributed by atoms with Crippen molar-refractivity contribution in [3.63, 3.8) is 0 Å². The number of ether oxygens (including phenoxy) is 3. The number of benzene rings is 2. The Morgan fingerprint density at radius 3 is 2.56 bits per heavy atom. The summed E-state index contributed by atoms with van der Waals surface area (Å²) in [5.41, 5.74) is 1.84. The monoisotopic (exact) mass is 562 g/mol. The maximum atomic E-state index is 12.6. The Balaban J connectivity index is 0.00000363. The van der Waals surface area contributed by atoms with Crippen LogP contribution in [0.1, 0.15) is 12.0 Å². The average Bonchev–Trinajstić information content (AvgIpc) is 3.24. The predicted octanol–water partition coefficient (Wildman–Crippen LogP) is 3.87. The molecule has 0 aliphatic carbocycles. The molecule has 0 saturated carbocycles. The Morgan fingerprint density at radius 2 is 1.88 bits per heavy atom. The number of hydrogen-bond acceptors (Lipinski definition) is 5. The molecule has 0 radical (unpaired) electrons. The van der Waals surface area contributed by atoms with Crippen molar-refractivity contribution in [2.75, 3.05) is 39.3 Å². The zero-order valence-corrected chi connectivity index (χ0v) is 20.6. The van der Waals surface area contributed by atoms with Crippen molar-refractivity contribution in [3.8, 4) is 17.2 Å². The van der Waals surface area contributed by atoms with E-state index in [4.69, 9.17) is 9.47 Å². The first kappa shape index (κ1) is 25.8. The zero-order valence-electron chi connectivity index (χ0n) is 18.3. The van der Waals surface area contributed by atoms with E-state index in [2.05, 4.69) is 31.3 Å². The molecule has 1 aliphatic heterocycles. The molecular formula is C22H29F2IN4O3. The van der Waals surface area contributed by atoms with Crippen molar-refractivity contribution in [2.45, 2.75) is 25.6 Å². The maximum absolute atomic E-state index is 12.6. The van der Waals surface area contributed by atoms with Gasteiger partial charge in [-0.1, -0.05) is 18.2 Å². The number of halogens is 3. The van der Waals surface area contributed by atoms with Gasteiger partial charge in [-0.2, -0.15) is 8.78 Å². The summed E-state index contributed by atoms with van der Waals surface area (Å²) in [4.78, 5) is 6.56. The first-order chi connectivity index (χ1) is 15.0. The minimum Gasteiger partial charge on any atom is -0.495 e. The van der Waals surface area contributed by atoms with Crippen molar-refractivity contribution in [2.24, 2.45) is 4.99 Å². The number of nitrogens with zero attached hydrogens (tertiary/aromatic N) is 2. The fourth-order valence-electron chi connectivity index (χ4n) is 3.58. The number of rotatable bonds is 8. The van der Waals surface area contributed by atoms with E-state index >= 15 is 0 Å². The Labute approximate surface area is 204 Å². The van der Waals surface area contributed by atoms with Crippen LogP contribution in [-0.2, 0) is 6.54 Å². The summed E-state index contributed by atoms with van der Waals surface area (Å²) in [7, 11) is 4.78. The molecule has 2 aromatic rings. The molecule has 7 nitrogen and oxygen atoms in total. The van der Waals surface area contributed by atoms with Crippen LogP contribution in [-0.4, -0.2) is 53.0 Å². The van der Waals surface area contributed by atoms with E-state index in [9.17, 15) is 8.78 Å². The molecule has 32 heavy (non-hydrogen) atoms. The molecule has 0 bridgehead atoms. The van der Waals surface area contributed by atoms with Crippen LogP contribution in [0, 0.1) is 0 Å². The number of guanidine groups is 1. The smallest absolute Gasteiger partial charge is 0.387 e. The Bertz CT molecular complexity index is 901. The average molecular weight is 562 g/mol. The van der Waals surface area contributed by atoms with E-state index in [-0.39, 0.29) is 41.5 Å². The highest BCUT2D eigenvalue weighted by Gasteiger charge is 2.25. The first-order valence-electron chi connectivity index (χ1n) is 10.0. The largest absolute Gasteiger partial charge is 0.495 e. The molecule has 176 valence electrons. The van der Waals surface area contributed by atoms with E-state index < -0.39 is 6.61 Å². The van der Waals surface area contributed by atoms with Gasteiger partial charge in [-0.15, -0.1) is 24.0 Å². The van der Waals surface area contributed by atoms with Crippen LogP contribution < -0.4 is 29.7 Å². The second-order valence-corrected chi connectivity index (χ2v) is 7.04. The first-order valence-corrected chi connectivity index (χ1v) is 10.0. The Morgan fingerprint density at radius 1 is 1.12 bits per heavy atom. The molecule has 1 saturated heterocycles. The molecule has 1 unspecified atom stereocenters. The quantitative estimate of drug-likeness (QED) is 0.290. The van der Waals surface area contributed by atoms with Crippen molar-refractivity contribution in [1.82, 2.24) is 10.6 Å². The molecule has 0 aromatic heterocycles. The molecule has 3 rings (SSSR count). The minimum atomic E-state index is -2.92. The van der Waals surface area contributed by atoms with Crippen LogP contribution >= 0.6 is 24.0 Å². The molecular weight excluding hydrogens is 533 g/mol. The summed E-state index contributed by atoms with van der Waals surface area (Å²) in [6.07, 6.45) is 0.952. The third-order valence-electron chi connectivity index (χ3n) is 5.08. The van der Waals surface area contributed by atoms with E-state index in [1.807, 2.05) is 18.2 Å². The van der Waals surface area contributed by atoms with Gasteiger partial charge in [0.2, 0.25) is 0 Å². The number of anilines is 1. The molecule has 0 spiro atoms. The highest BCUT2D eigenvalue weighted by atomic mass is 127. The highest BCUT2D eigenvalue weighted by Crippen LogP contribution is 2.31. The lowest BCUT2D eigenvalue weighted by Crippen LogP contribution is -2.44. The van der Waals surface area contributed by atoms with Gasteiger partial charge in [0.15, 0.2) is 17.5 Å². The van der Waals surface area contributed by atoms with E-state index in [0.29, 0.717) is 12.5 Å². The van der Waals surface area contributed by atoms with Gasteiger partial charge in [-0.25, -0.2) is 0 Å². The van der Waals surface area contributed by atoms with Crippen molar-refractivity contribution in [3.05, 3.63) is 48.0 Å². The van der Waals surface area contributed by atoms with Gasteiger partial charge in [0, 0.05) is 32.7 Å². The second kappa shape index (κ2) is 12.5. The normalized spacial score (nSPS) is 15.9. The molecule has 2 aromatic carbocycles. The van der Waals surface area contributed by atoms with Gasteiger partial charge < -0.3 is 29.7 Å². The van der Waals surface area contributed by atoms with Crippen LogP contribution in [0.2, 0.25) is 0 Å². The highest BCUT2D eigenvalue weighted by molar-refractivity contribution is 14.0. The third-order valence-corrected chi connectivity index (χ3v) is 5.08. The topological polar surface area (TPSA) is 67.4 Å². The lowest BCUT2D eigenvalue weighted by Gasteiger charge is -2.22. The van der Waals surface area contributed by atoms with Gasteiger partial charge >= 0.3 is 6.61 Å². The molecule has 1 atom stereocenters. The summed E-state index contributed by atoms with van der Waals surface area (Å²) in [6.45, 7) is -0.801. The molecule has 2 N–H and O–H groups in total. The lowest BCUT2D eigenvalue weighted by molar-refractivity contribution is -0.0512. The zero-order chi connectivity index (χ0) is 22.2. The number of nitrogens with one attached hydrogen (secondary N) is 2. The van der Waals surface area contributed by atoms with Crippen molar-refractivity contribution >= 4 is 35.6 Å². The summed E-state index contributed by atoms with van der Waals surface area (Å²) in [6, 6.07) is 13.1. The third kappa shape index (κ3) is 6.75. The summed E-state index contributed by atoms with van der Waals surface area (Å²) in [5.74, 6) is 1.75. The fraction of sp³-hybridized carbons (Fsp3) is 0.409. The van der Waals surface area contributed by atoms with Crippen LogP contribution in [0.25, 0.3) is 0 Å². The summed E-state index contributed by atoms with van der Waals surface area (Å²) in [5, 5.41) is 6.64. The summed E-state index contributed by atoms with van der Waals surface area (Å²) >= 11 is 0. The predicted molar refractivity (Wildman–Crippen MR) is 132 cm³/mol. The van der Waals surface area contributed by atoms with Crippen molar-refractivity contribution < 1.29 is 23.0 Å². The van der Waals surface area contributed by atoms with E-state index in [0.717, 1.165) is 36.5 Å². The van der Waals surface area contributed by atoms with Crippen molar-refractivity contribution in [1.29, 1.82) is 0 Å². The number of aliphatic imine (C=N–C) groups is 1. The number of para-hydroxylation sites is 2. The molecule has 1 heterocycles. The number of hydrogen-bond donors (Lipinski definition) is 2. The Kier molecular flexibility index (Phi) is 10.1. The van der Waals surface area contributed by atoms with Crippen LogP contribution in [0.15, 0.2) is 47.5 Å². The van der Waals surface area contributed by atoms with Gasteiger partial charge in [-0.05, 0) is 36.2 Å². The molecule has 1 fully saturated rings. The lowest BCUT2D eigenvalue weighted by atomic mass is 10.2. The second-order valence-electron chi connectivity index (χ2n) is 7.04. The molecule has 1 aliphatic rings. The van der Waals surface area contributed by atoms with Gasteiger partial charge in [-0.3, -0.25) is 4.99 Å². The Hall–Kier alpha value is -2.50. The molecule has 10 heteroatoms. The van der Waals surface area contributed by atoms with Gasteiger partial charge in [0.05, 0.1) is 19.9 Å². The van der Waals surface area contributed by atoms with Gasteiger partial charge in [0.1, 0.15) is 5.75 Å². The molecule has 0 amide bonds. The van der Waals surface area contributed by atoms with Gasteiger partial charge in [0.25, 0.3) is 0 Å². The SMILES string of the molecule is CN=C(NCc1ccc(OC)c(OC(F)F)c1)NC1CCN(c2ccccc2OC)C1.I. The van der Waals surface area contributed by atoms with Crippen LogP contribution in [0.5, 0.6) is 17.2 Å².